The summed E-state index contributed by atoms with van der Waals surface area (Å²) in [5.74, 6) is 0. The van der Waals surface area contributed by atoms with E-state index >= 15 is 0 Å². The van der Waals surface area contributed by atoms with E-state index in [4.69, 9.17) is 5.41 Å². The Bertz CT molecular complexity index is 27.0. The fraction of sp³-hybridized carbons (Fsp3) is 0. The van der Waals surface area contributed by atoms with Crippen LogP contribution in [0.25, 0.3) is 0 Å². The number of rotatable bonds is 1. The summed E-state index contributed by atoms with van der Waals surface area (Å²) in [4.78, 5) is 0. The Hall–Kier alpha value is 0.124. The van der Waals surface area contributed by atoms with Gasteiger partial charge in [-0.1, -0.05) is 0 Å². The third-order valence-electron chi connectivity index (χ3n) is 0.0745. The first-order valence-corrected chi connectivity index (χ1v) is 1.69. The van der Waals surface area contributed by atoms with Crippen LogP contribution in [-0.4, -0.2) is 10.9 Å². The predicted molar refractivity (Wildman–Crippen MR) is 14.8 cm³/mol. The molecule has 0 bridgehead atoms. The van der Waals surface area contributed by atoms with Crippen LogP contribution in [0.1, 0.15) is 0 Å². The van der Waals surface area contributed by atoms with Crippen molar-refractivity contribution < 1.29 is 17.0 Å². The molecule has 0 aromatic rings. The Kier molecular flexibility index (Phi) is 3.22. The molecule has 0 radical (unpaired) electrons. The molecule has 0 aliphatic heterocycles. The Labute approximate surface area is 34.0 Å². The molecule has 4 heavy (non-hydrogen) atoms. The molecule has 0 amide bonds. The van der Waals surface area contributed by atoms with E-state index in [-0.39, 0.29) is 0 Å². The maximum atomic E-state index is 6.26. The molecule has 0 aliphatic carbocycles. The van der Waals surface area contributed by atoms with Crippen LogP contribution in [-0.2, 0) is 17.0 Å². The van der Waals surface area contributed by atoms with Gasteiger partial charge in [0.05, 0.1) is 0 Å². The molecule has 0 heterocycles. The van der Waals surface area contributed by atoms with E-state index in [2.05, 4.69) is 17.0 Å². The van der Waals surface area contributed by atoms with E-state index in [1.807, 2.05) is 0 Å². The van der Waals surface area contributed by atoms with Crippen molar-refractivity contribution in [2.45, 2.75) is 0 Å². The molecule has 0 unspecified atom stereocenters. The molecule has 0 saturated carbocycles. The van der Waals surface area contributed by atoms with Crippen molar-refractivity contribution in [3.63, 3.8) is 0 Å². The van der Waals surface area contributed by atoms with Gasteiger partial charge in [0.25, 0.3) is 0 Å². The van der Waals surface area contributed by atoms with Crippen LogP contribution >= 0.6 is 0 Å². The molecule has 0 rings (SSSR count). The SMILES string of the molecule is N=C[CH]=[V]. The van der Waals surface area contributed by atoms with Gasteiger partial charge in [0.1, 0.15) is 0 Å². The number of hydrogen-bond acceptors (Lipinski definition) is 1. The average Bonchev–Trinajstić information content (AvgIpc) is 1.37. The van der Waals surface area contributed by atoms with Crippen LogP contribution in [0.4, 0.5) is 0 Å². The van der Waals surface area contributed by atoms with Crippen molar-refractivity contribution in [3.8, 4) is 0 Å². The molecular formula is C2H3NV. The van der Waals surface area contributed by atoms with E-state index < -0.39 is 0 Å². The van der Waals surface area contributed by atoms with E-state index in [1.165, 1.54) is 6.21 Å². The average molecular weight is 92.0 g/mol. The molecule has 0 saturated heterocycles. The van der Waals surface area contributed by atoms with E-state index in [1.54, 1.807) is 4.73 Å². The van der Waals surface area contributed by atoms with Gasteiger partial charge in [0, 0.05) is 0 Å². The second-order valence-corrected chi connectivity index (χ2v) is 0.781. The van der Waals surface area contributed by atoms with E-state index in [9.17, 15) is 0 Å². The standard InChI is InChI=1S/C2H3N.V/c1-2-3;/h1-3H;. The Morgan fingerprint density at radius 3 is 2.00 bits per heavy atom. The van der Waals surface area contributed by atoms with Crippen LogP contribution in [0.3, 0.4) is 0 Å². The first-order valence-electron chi connectivity index (χ1n) is 0.880. The molecule has 1 N–H and O–H groups in total. The molecule has 0 atom stereocenters. The van der Waals surface area contributed by atoms with Crippen LogP contribution in [0.5, 0.6) is 0 Å². The van der Waals surface area contributed by atoms with Crippen molar-refractivity contribution in [2.24, 2.45) is 0 Å². The quantitative estimate of drug-likeness (QED) is 0.439. The van der Waals surface area contributed by atoms with Crippen LogP contribution in [0, 0.1) is 5.41 Å². The zero-order chi connectivity index (χ0) is 3.41. The van der Waals surface area contributed by atoms with Gasteiger partial charge in [-0.25, -0.2) is 0 Å². The molecule has 0 fully saturated rings. The summed E-state index contributed by atoms with van der Waals surface area (Å²) in [7, 11) is 0. The summed E-state index contributed by atoms with van der Waals surface area (Å²) in [6, 6.07) is 0. The van der Waals surface area contributed by atoms with E-state index in [0.29, 0.717) is 0 Å². The topological polar surface area (TPSA) is 23.9 Å². The molecule has 2 heteroatoms. The minimum atomic E-state index is 1.22. The Balaban J connectivity index is 2.73. The van der Waals surface area contributed by atoms with Crippen molar-refractivity contribution >= 4 is 10.9 Å². The van der Waals surface area contributed by atoms with Gasteiger partial charge in [-0.05, 0) is 0 Å². The zero-order valence-corrected chi connectivity index (χ0v) is 3.50. The van der Waals surface area contributed by atoms with Gasteiger partial charge in [-0.3, -0.25) is 0 Å². The predicted octanol–water partition coefficient (Wildman–Crippen LogP) is -0.0150. The number of nitrogens with one attached hydrogen (secondary N) is 1. The normalized spacial score (nSPS) is 4.75. The molecular weight excluding hydrogens is 89.0 g/mol. The van der Waals surface area contributed by atoms with Gasteiger partial charge in [-0.15, -0.1) is 0 Å². The monoisotopic (exact) mass is 92.0 g/mol. The third-order valence-corrected chi connectivity index (χ3v) is 0.307. The first kappa shape index (κ1) is 4.12. The second-order valence-electron chi connectivity index (χ2n) is 0.316. The molecule has 1 nitrogen and oxygen atoms in total. The molecule has 0 aromatic heterocycles. The van der Waals surface area contributed by atoms with Crippen molar-refractivity contribution in [1.29, 1.82) is 5.41 Å². The summed E-state index contributed by atoms with van der Waals surface area (Å²) >= 11 is 2.17. The molecule has 0 spiro atoms. The maximum absolute atomic E-state index is 6.26. The van der Waals surface area contributed by atoms with Crippen LogP contribution in [0.15, 0.2) is 0 Å². The molecule has 0 aromatic carbocycles. The Morgan fingerprint density at radius 2 is 2.00 bits per heavy atom. The molecule has 0 aliphatic rings. The van der Waals surface area contributed by atoms with Gasteiger partial charge in [0.2, 0.25) is 0 Å². The number of hydrogen-bond donors (Lipinski definition) is 1. The van der Waals surface area contributed by atoms with Crippen molar-refractivity contribution in [2.75, 3.05) is 0 Å². The fourth-order valence-corrected chi connectivity index (χ4v) is 0. The second kappa shape index (κ2) is 3.12. The first-order chi connectivity index (χ1) is 1.91. The van der Waals surface area contributed by atoms with Crippen molar-refractivity contribution in [1.82, 2.24) is 0 Å². The summed E-state index contributed by atoms with van der Waals surface area (Å²) < 4.78 is 1.60. The summed E-state index contributed by atoms with van der Waals surface area (Å²) in [5.41, 5.74) is 0. The van der Waals surface area contributed by atoms with Gasteiger partial charge >= 0.3 is 33.3 Å². The molecule has 21 valence electrons. The summed E-state index contributed by atoms with van der Waals surface area (Å²) in [6.45, 7) is 0. The van der Waals surface area contributed by atoms with E-state index in [0.717, 1.165) is 0 Å². The summed E-state index contributed by atoms with van der Waals surface area (Å²) in [6.07, 6.45) is 1.22. The summed E-state index contributed by atoms with van der Waals surface area (Å²) in [5, 5.41) is 6.26. The minimum absolute atomic E-state index is 1.22. The zero-order valence-electron chi connectivity index (χ0n) is 2.10. The van der Waals surface area contributed by atoms with Gasteiger partial charge < -0.3 is 0 Å². The van der Waals surface area contributed by atoms with Gasteiger partial charge in [0.15, 0.2) is 0 Å². The third kappa shape index (κ3) is 2.12. The van der Waals surface area contributed by atoms with Crippen LogP contribution < -0.4 is 0 Å². The fourth-order valence-electron chi connectivity index (χ4n) is 0. The van der Waals surface area contributed by atoms with Gasteiger partial charge in [-0.2, -0.15) is 0 Å². The Morgan fingerprint density at radius 1 is 1.75 bits per heavy atom. The van der Waals surface area contributed by atoms with Crippen molar-refractivity contribution in [3.05, 3.63) is 0 Å². The van der Waals surface area contributed by atoms with Crippen LogP contribution in [0.2, 0.25) is 0 Å².